The van der Waals surface area contributed by atoms with E-state index in [2.05, 4.69) is 20.8 Å². The van der Waals surface area contributed by atoms with Gasteiger partial charge in [-0.05, 0) is 45.4 Å². The summed E-state index contributed by atoms with van der Waals surface area (Å²) < 4.78 is 0. The highest BCUT2D eigenvalue weighted by atomic mass is 15.3. The van der Waals surface area contributed by atoms with Crippen LogP contribution in [0.3, 0.4) is 0 Å². The molecule has 0 bridgehead atoms. The Hall–Kier alpha value is -0.630. The molecule has 0 unspecified atom stereocenters. The van der Waals surface area contributed by atoms with Gasteiger partial charge in [0.2, 0.25) is 0 Å². The standard InChI is InChI=1S/C13H24N4/c14-4-9-17-12-10-16(11-13-17)8-3-7-15-5-1-2-6-15/h1-3,5-13H2. The second kappa shape index (κ2) is 6.95. The van der Waals surface area contributed by atoms with Crippen LogP contribution in [0, 0.1) is 11.3 Å². The minimum absolute atomic E-state index is 0.599. The van der Waals surface area contributed by atoms with Crippen LogP contribution >= 0.6 is 0 Å². The first-order chi connectivity index (χ1) is 8.38. The summed E-state index contributed by atoms with van der Waals surface area (Å²) in [6.45, 7) is 10.2. The molecule has 0 radical (unpaired) electrons. The van der Waals surface area contributed by atoms with Crippen molar-refractivity contribution < 1.29 is 0 Å². The van der Waals surface area contributed by atoms with Crippen LogP contribution in [-0.2, 0) is 0 Å². The maximum Gasteiger partial charge on any atom is 0.0866 e. The van der Waals surface area contributed by atoms with Crippen molar-refractivity contribution >= 4 is 0 Å². The van der Waals surface area contributed by atoms with E-state index in [9.17, 15) is 0 Å². The molecule has 2 aliphatic heterocycles. The number of piperazine rings is 1. The summed E-state index contributed by atoms with van der Waals surface area (Å²) in [5.74, 6) is 0. The zero-order chi connectivity index (χ0) is 11.9. The molecule has 0 aromatic carbocycles. The molecule has 0 aliphatic carbocycles. The molecule has 96 valence electrons. The summed E-state index contributed by atoms with van der Waals surface area (Å²) in [5.41, 5.74) is 0. The number of hydrogen-bond donors (Lipinski definition) is 0. The van der Waals surface area contributed by atoms with Crippen LogP contribution in [0.25, 0.3) is 0 Å². The smallest absolute Gasteiger partial charge is 0.0866 e. The number of nitrogens with zero attached hydrogens (tertiary/aromatic N) is 4. The Kier molecular flexibility index (Phi) is 5.24. The molecule has 2 rings (SSSR count). The van der Waals surface area contributed by atoms with Crippen molar-refractivity contribution in [1.29, 1.82) is 5.26 Å². The third kappa shape index (κ3) is 4.27. The molecular weight excluding hydrogens is 212 g/mol. The van der Waals surface area contributed by atoms with Crippen LogP contribution in [0.15, 0.2) is 0 Å². The van der Waals surface area contributed by atoms with Crippen LogP contribution in [0.5, 0.6) is 0 Å². The van der Waals surface area contributed by atoms with E-state index in [4.69, 9.17) is 5.26 Å². The van der Waals surface area contributed by atoms with E-state index in [1.165, 1.54) is 45.4 Å². The fraction of sp³-hybridized carbons (Fsp3) is 0.923. The molecule has 0 atom stereocenters. The largest absolute Gasteiger partial charge is 0.303 e. The van der Waals surface area contributed by atoms with E-state index >= 15 is 0 Å². The van der Waals surface area contributed by atoms with Gasteiger partial charge in [0.25, 0.3) is 0 Å². The SMILES string of the molecule is N#CCN1CCN(CCCN2CCCC2)CC1. The second-order valence-corrected chi connectivity index (χ2v) is 5.18. The Morgan fingerprint density at radius 3 is 1.88 bits per heavy atom. The average molecular weight is 236 g/mol. The summed E-state index contributed by atoms with van der Waals surface area (Å²) >= 11 is 0. The number of likely N-dealkylation sites (tertiary alicyclic amines) is 1. The Morgan fingerprint density at radius 1 is 0.765 bits per heavy atom. The highest BCUT2D eigenvalue weighted by Crippen LogP contribution is 2.08. The summed E-state index contributed by atoms with van der Waals surface area (Å²) in [7, 11) is 0. The number of rotatable bonds is 5. The molecular formula is C13H24N4. The van der Waals surface area contributed by atoms with E-state index < -0.39 is 0 Å². The van der Waals surface area contributed by atoms with Gasteiger partial charge in [0.05, 0.1) is 12.6 Å². The molecule has 2 fully saturated rings. The van der Waals surface area contributed by atoms with Crippen molar-refractivity contribution in [3.63, 3.8) is 0 Å². The van der Waals surface area contributed by atoms with E-state index in [1.54, 1.807) is 0 Å². The summed E-state index contributed by atoms with van der Waals surface area (Å²) in [6.07, 6.45) is 4.10. The van der Waals surface area contributed by atoms with Crippen molar-refractivity contribution in [2.75, 3.05) is 58.9 Å². The molecule has 0 spiro atoms. The highest BCUT2D eigenvalue weighted by molar-refractivity contribution is 4.81. The molecule has 0 N–H and O–H groups in total. The Morgan fingerprint density at radius 2 is 1.29 bits per heavy atom. The second-order valence-electron chi connectivity index (χ2n) is 5.18. The van der Waals surface area contributed by atoms with Crippen molar-refractivity contribution in [3.8, 4) is 6.07 Å². The van der Waals surface area contributed by atoms with Crippen LogP contribution in [0.1, 0.15) is 19.3 Å². The zero-order valence-corrected chi connectivity index (χ0v) is 10.8. The van der Waals surface area contributed by atoms with Crippen molar-refractivity contribution in [1.82, 2.24) is 14.7 Å². The molecule has 0 aromatic rings. The molecule has 0 aromatic heterocycles. The van der Waals surface area contributed by atoms with Crippen LogP contribution in [0.2, 0.25) is 0 Å². The van der Waals surface area contributed by atoms with Gasteiger partial charge in [-0.1, -0.05) is 0 Å². The topological polar surface area (TPSA) is 33.5 Å². The highest BCUT2D eigenvalue weighted by Gasteiger charge is 2.16. The maximum absolute atomic E-state index is 8.64. The molecule has 17 heavy (non-hydrogen) atoms. The lowest BCUT2D eigenvalue weighted by atomic mass is 10.3. The number of nitriles is 1. The lowest BCUT2D eigenvalue weighted by molar-refractivity contribution is 0.138. The normalized spacial score (nSPS) is 23.9. The van der Waals surface area contributed by atoms with Crippen LogP contribution in [0.4, 0.5) is 0 Å². The van der Waals surface area contributed by atoms with Crippen molar-refractivity contribution in [2.45, 2.75) is 19.3 Å². The van der Waals surface area contributed by atoms with Gasteiger partial charge in [0.15, 0.2) is 0 Å². The zero-order valence-electron chi connectivity index (χ0n) is 10.8. The van der Waals surface area contributed by atoms with Crippen LogP contribution in [-0.4, -0.2) is 73.6 Å². The molecule has 2 aliphatic rings. The molecule has 4 nitrogen and oxygen atoms in total. The van der Waals surface area contributed by atoms with E-state index in [0.29, 0.717) is 6.54 Å². The molecule has 4 heteroatoms. The van der Waals surface area contributed by atoms with Gasteiger partial charge in [-0.15, -0.1) is 0 Å². The Bertz CT molecular complexity index is 247. The van der Waals surface area contributed by atoms with E-state index in [-0.39, 0.29) is 0 Å². The van der Waals surface area contributed by atoms with Gasteiger partial charge in [-0.25, -0.2) is 0 Å². The predicted molar refractivity (Wildman–Crippen MR) is 68.8 cm³/mol. The van der Waals surface area contributed by atoms with Gasteiger partial charge in [-0.3, -0.25) is 4.90 Å². The van der Waals surface area contributed by atoms with Gasteiger partial charge in [0, 0.05) is 26.2 Å². The lowest BCUT2D eigenvalue weighted by Gasteiger charge is -2.33. The number of hydrogen-bond acceptors (Lipinski definition) is 4. The summed E-state index contributed by atoms with van der Waals surface area (Å²) in [6, 6.07) is 2.23. The molecule has 0 amide bonds. The van der Waals surface area contributed by atoms with E-state index in [0.717, 1.165) is 26.2 Å². The Labute approximate surface area is 105 Å². The fourth-order valence-electron chi connectivity index (χ4n) is 2.80. The fourth-order valence-corrected chi connectivity index (χ4v) is 2.80. The third-order valence-corrected chi connectivity index (χ3v) is 3.91. The monoisotopic (exact) mass is 236 g/mol. The minimum Gasteiger partial charge on any atom is -0.303 e. The van der Waals surface area contributed by atoms with Crippen LogP contribution < -0.4 is 0 Å². The quantitative estimate of drug-likeness (QED) is 0.655. The van der Waals surface area contributed by atoms with Gasteiger partial charge in [-0.2, -0.15) is 5.26 Å². The van der Waals surface area contributed by atoms with Gasteiger partial charge >= 0.3 is 0 Å². The summed E-state index contributed by atoms with van der Waals surface area (Å²) in [4.78, 5) is 7.38. The first kappa shape index (κ1) is 12.8. The third-order valence-electron chi connectivity index (χ3n) is 3.91. The molecule has 2 saturated heterocycles. The Balaban J connectivity index is 1.54. The maximum atomic E-state index is 8.64. The van der Waals surface area contributed by atoms with Crippen molar-refractivity contribution in [2.24, 2.45) is 0 Å². The first-order valence-electron chi connectivity index (χ1n) is 6.92. The minimum atomic E-state index is 0.599. The first-order valence-corrected chi connectivity index (χ1v) is 6.92. The average Bonchev–Trinajstić information content (AvgIpc) is 2.85. The van der Waals surface area contributed by atoms with Gasteiger partial charge in [0.1, 0.15) is 0 Å². The van der Waals surface area contributed by atoms with E-state index in [1.807, 2.05) is 0 Å². The summed E-state index contributed by atoms with van der Waals surface area (Å²) in [5, 5.41) is 8.64. The lowest BCUT2D eigenvalue weighted by Crippen LogP contribution is -2.46. The van der Waals surface area contributed by atoms with Gasteiger partial charge < -0.3 is 9.80 Å². The molecule has 0 saturated carbocycles. The molecule has 2 heterocycles. The van der Waals surface area contributed by atoms with Crippen molar-refractivity contribution in [3.05, 3.63) is 0 Å². The predicted octanol–water partition coefficient (Wildman–Crippen LogP) is 0.613.